The van der Waals surface area contributed by atoms with E-state index in [2.05, 4.69) is 5.32 Å². The van der Waals surface area contributed by atoms with Crippen LogP contribution < -0.4 is 5.32 Å². The summed E-state index contributed by atoms with van der Waals surface area (Å²) in [5, 5.41) is 24.6. The number of aryl methyl sites for hydroxylation is 1. The lowest BCUT2D eigenvalue weighted by Crippen LogP contribution is -2.63. The largest absolute Gasteiger partial charge is 0.390 e. The summed E-state index contributed by atoms with van der Waals surface area (Å²) >= 11 is 0. The van der Waals surface area contributed by atoms with Gasteiger partial charge in [0.25, 0.3) is 0 Å². The number of aliphatic hydroxyl groups excluding tert-OH is 1. The van der Waals surface area contributed by atoms with Crippen molar-refractivity contribution in [2.24, 2.45) is 0 Å². The van der Waals surface area contributed by atoms with Gasteiger partial charge in [-0.2, -0.15) is 0 Å². The second kappa shape index (κ2) is 8.30. The van der Waals surface area contributed by atoms with E-state index in [-0.39, 0.29) is 12.5 Å². The average molecular weight is 346 g/mol. The normalized spacial score (nSPS) is 27.6. The molecule has 1 amide bonds. The maximum absolute atomic E-state index is 12.5. The Hall–Kier alpha value is -1.43. The van der Waals surface area contributed by atoms with Gasteiger partial charge in [-0.1, -0.05) is 43.2 Å². The molecule has 5 nitrogen and oxygen atoms in total. The van der Waals surface area contributed by atoms with Crippen LogP contribution in [0.3, 0.4) is 0 Å². The van der Waals surface area contributed by atoms with Gasteiger partial charge >= 0.3 is 0 Å². The molecule has 0 aromatic heterocycles. The third kappa shape index (κ3) is 4.81. The molecule has 25 heavy (non-hydrogen) atoms. The van der Waals surface area contributed by atoms with E-state index in [0.717, 1.165) is 18.4 Å². The molecule has 2 fully saturated rings. The van der Waals surface area contributed by atoms with Gasteiger partial charge in [0.1, 0.15) is 5.60 Å². The summed E-state index contributed by atoms with van der Waals surface area (Å²) in [5.41, 5.74) is -0.102. The highest BCUT2D eigenvalue weighted by Gasteiger charge is 2.42. The Morgan fingerprint density at radius 1 is 1.20 bits per heavy atom. The van der Waals surface area contributed by atoms with Crippen LogP contribution in [0.1, 0.15) is 44.1 Å². The van der Waals surface area contributed by atoms with Crippen LogP contribution in [-0.4, -0.2) is 58.4 Å². The first-order chi connectivity index (χ1) is 12.1. The molecule has 3 N–H and O–H groups in total. The molecule has 0 spiro atoms. The van der Waals surface area contributed by atoms with Gasteiger partial charge in [0.2, 0.25) is 5.91 Å². The SMILES string of the molecule is O=C(CCc1ccccc1)N1CC[C@H](O)[C@@](O)(CNC2CCCC2)C1. The second-order valence-electron chi connectivity index (χ2n) is 7.57. The van der Waals surface area contributed by atoms with Crippen LogP contribution >= 0.6 is 0 Å². The minimum absolute atomic E-state index is 0.0510. The molecular weight excluding hydrogens is 316 g/mol. The van der Waals surface area contributed by atoms with Crippen LogP contribution in [0, 0.1) is 0 Å². The van der Waals surface area contributed by atoms with E-state index in [4.69, 9.17) is 0 Å². The average Bonchev–Trinajstić information content (AvgIpc) is 3.15. The molecule has 138 valence electrons. The lowest BCUT2D eigenvalue weighted by molar-refractivity contribution is -0.151. The van der Waals surface area contributed by atoms with Gasteiger partial charge in [0.05, 0.1) is 12.6 Å². The predicted molar refractivity (Wildman–Crippen MR) is 97.2 cm³/mol. The van der Waals surface area contributed by atoms with Crippen LogP contribution in [0.5, 0.6) is 0 Å². The van der Waals surface area contributed by atoms with Crippen LogP contribution in [0.15, 0.2) is 30.3 Å². The van der Waals surface area contributed by atoms with Gasteiger partial charge < -0.3 is 20.4 Å². The standard InChI is InChI=1S/C20H30N2O3/c23-18-12-13-22(19(24)11-10-16-6-2-1-3-7-16)15-20(18,25)14-21-17-8-4-5-9-17/h1-3,6-7,17-18,21,23,25H,4-5,8-15H2/t18-,20+/m0/s1. The number of piperidine rings is 1. The molecule has 1 saturated carbocycles. The first-order valence-corrected chi connectivity index (χ1v) is 9.52. The van der Waals surface area contributed by atoms with Crippen LogP contribution in [0.25, 0.3) is 0 Å². The number of benzene rings is 1. The minimum atomic E-state index is -1.25. The number of β-amino-alcohol motifs (C(OH)–C–C–N with tert-alkyl or cyclic N) is 1. The van der Waals surface area contributed by atoms with Gasteiger partial charge in [0, 0.05) is 25.6 Å². The fourth-order valence-corrected chi connectivity index (χ4v) is 3.95. The van der Waals surface area contributed by atoms with Crippen molar-refractivity contribution in [3.05, 3.63) is 35.9 Å². The molecule has 1 saturated heterocycles. The maximum Gasteiger partial charge on any atom is 0.223 e. The van der Waals surface area contributed by atoms with Crippen molar-refractivity contribution in [1.82, 2.24) is 10.2 Å². The second-order valence-corrected chi connectivity index (χ2v) is 7.57. The van der Waals surface area contributed by atoms with Gasteiger partial charge in [0.15, 0.2) is 0 Å². The lowest BCUT2D eigenvalue weighted by Gasteiger charge is -2.43. The number of aliphatic hydroxyl groups is 2. The summed E-state index contributed by atoms with van der Waals surface area (Å²) < 4.78 is 0. The Morgan fingerprint density at radius 3 is 2.64 bits per heavy atom. The Bertz CT molecular complexity index is 559. The summed E-state index contributed by atoms with van der Waals surface area (Å²) in [6.45, 7) is 1.07. The first-order valence-electron chi connectivity index (χ1n) is 9.52. The van der Waals surface area contributed by atoms with Gasteiger partial charge in [-0.05, 0) is 31.2 Å². The van der Waals surface area contributed by atoms with E-state index in [9.17, 15) is 15.0 Å². The number of hydrogen-bond acceptors (Lipinski definition) is 4. The highest BCUT2D eigenvalue weighted by molar-refractivity contribution is 5.76. The topological polar surface area (TPSA) is 72.8 Å². The summed E-state index contributed by atoms with van der Waals surface area (Å²) in [6, 6.07) is 10.4. The number of nitrogens with one attached hydrogen (secondary N) is 1. The lowest BCUT2D eigenvalue weighted by atomic mass is 9.89. The fourth-order valence-electron chi connectivity index (χ4n) is 3.95. The number of hydrogen-bond donors (Lipinski definition) is 3. The molecule has 5 heteroatoms. The number of amides is 1. The van der Waals surface area contributed by atoms with Gasteiger partial charge in [-0.15, -0.1) is 0 Å². The van der Waals surface area contributed by atoms with E-state index in [1.54, 1.807) is 4.90 Å². The molecule has 0 unspecified atom stereocenters. The number of carbonyl (C=O) groups is 1. The molecule has 0 radical (unpaired) electrons. The molecule has 1 aromatic carbocycles. The molecular formula is C20H30N2O3. The molecule has 3 rings (SSSR count). The Kier molecular flexibility index (Phi) is 6.10. The molecule has 0 bridgehead atoms. The summed E-state index contributed by atoms with van der Waals surface area (Å²) in [6.07, 6.45) is 5.51. The summed E-state index contributed by atoms with van der Waals surface area (Å²) in [7, 11) is 0. The van der Waals surface area contributed by atoms with Crippen molar-refractivity contribution >= 4 is 5.91 Å². The number of likely N-dealkylation sites (tertiary alicyclic amines) is 1. The monoisotopic (exact) mass is 346 g/mol. The van der Waals surface area contributed by atoms with Crippen molar-refractivity contribution in [3.8, 4) is 0 Å². The molecule has 1 aliphatic heterocycles. The number of nitrogens with zero attached hydrogens (tertiary/aromatic N) is 1. The van der Waals surface area contributed by atoms with E-state index < -0.39 is 11.7 Å². The van der Waals surface area contributed by atoms with Crippen molar-refractivity contribution in [2.45, 2.75) is 62.7 Å². The van der Waals surface area contributed by atoms with Gasteiger partial charge in [-0.3, -0.25) is 4.79 Å². The number of carbonyl (C=O) groups excluding carboxylic acids is 1. The summed E-state index contributed by atoms with van der Waals surface area (Å²) in [4.78, 5) is 14.3. The molecule has 1 aliphatic carbocycles. The third-order valence-electron chi connectivity index (χ3n) is 5.63. The third-order valence-corrected chi connectivity index (χ3v) is 5.63. The number of rotatable bonds is 6. The smallest absolute Gasteiger partial charge is 0.223 e. The van der Waals surface area contributed by atoms with E-state index in [0.29, 0.717) is 38.4 Å². The van der Waals surface area contributed by atoms with Crippen LogP contribution in [0.2, 0.25) is 0 Å². The molecule has 2 atom stereocenters. The maximum atomic E-state index is 12.5. The molecule has 1 aromatic rings. The zero-order valence-electron chi connectivity index (χ0n) is 14.9. The first kappa shape index (κ1) is 18.4. The highest BCUT2D eigenvalue weighted by atomic mass is 16.3. The Labute approximate surface area is 150 Å². The highest BCUT2D eigenvalue weighted by Crippen LogP contribution is 2.24. The van der Waals surface area contributed by atoms with Gasteiger partial charge in [-0.25, -0.2) is 0 Å². The quantitative estimate of drug-likeness (QED) is 0.729. The van der Waals surface area contributed by atoms with Crippen LogP contribution in [0.4, 0.5) is 0 Å². The van der Waals surface area contributed by atoms with Crippen LogP contribution in [-0.2, 0) is 11.2 Å². The predicted octanol–water partition coefficient (Wildman–Crippen LogP) is 1.48. The van der Waals surface area contributed by atoms with E-state index in [1.807, 2.05) is 30.3 Å². The Morgan fingerprint density at radius 2 is 1.92 bits per heavy atom. The minimum Gasteiger partial charge on any atom is -0.390 e. The van der Waals surface area contributed by atoms with E-state index in [1.165, 1.54) is 12.8 Å². The zero-order valence-corrected chi connectivity index (χ0v) is 14.9. The fraction of sp³-hybridized carbons (Fsp3) is 0.650. The van der Waals surface area contributed by atoms with E-state index >= 15 is 0 Å². The molecule has 1 heterocycles. The van der Waals surface area contributed by atoms with Crippen molar-refractivity contribution < 1.29 is 15.0 Å². The van der Waals surface area contributed by atoms with Crippen molar-refractivity contribution in [2.75, 3.05) is 19.6 Å². The Balaban J connectivity index is 1.52. The van der Waals surface area contributed by atoms with Crippen molar-refractivity contribution in [3.63, 3.8) is 0 Å². The zero-order chi connectivity index (χ0) is 17.7. The molecule has 2 aliphatic rings. The van der Waals surface area contributed by atoms with Crippen molar-refractivity contribution in [1.29, 1.82) is 0 Å². The summed E-state index contributed by atoms with van der Waals surface area (Å²) in [5.74, 6) is 0.0510.